The second-order valence-corrected chi connectivity index (χ2v) is 6.13. The number of rotatable bonds is 3. The van der Waals surface area contributed by atoms with Crippen molar-refractivity contribution < 1.29 is 13.2 Å². The fourth-order valence-corrected chi connectivity index (χ4v) is 2.48. The molecule has 0 spiro atoms. The van der Waals surface area contributed by atoms with Crippen LogP contribution in [0.2, 0.25) is 0 Å². The number of thiophene rings is 1. The maximum atomic E-state index is 11.6. The van der Waals surface area contributed by atoms with Crippen molar-refractivity contribution in [1.29, 1.82) is 0 Å². The van der Waals surface area contributed by atoms with Gasteiger partial charge >= 0.3 is 6.03 Å². The Morgan fingerprint density at radius 3 is 2.32 bits per heavy atom. The van der Waals surface area contributed by atoms with Gasteiger partial charge in [-0.1, -0.05) is 0 Å². The van der Waals surface area contributed by atoms with Crippen LogP contribution < -0.4 is 15.8 Å². The Balaban J connectivity index is 2.02. The highest BCUT2D eigenvalue weighted by molar-refractivity contribution is 7.89. The molecule has 0 unspecified atom stereocenters. The van der Waals surface area contributed by atoms with Crippen molar-refractivity contribution in [2.24, 2.45) is 5.14 Å². The molecule has 0 aliphatic heterocycles. The van der Waals surface area contributed by atoms with Crippen LogP contribution in [0.15, 0.2) is 46.7 Å². The smallest absolute Gasteiger partial charge is 0.308 e. The van der Waals surface area contributed by atoms with Crippen molar-refractivity contribution in [2.45, 2.75) is 4.90 Å². The molecule has 0 saturated carbocycles. The summed E-state index contributed by atoms with van der Waals surface area (Å²) in [5, 5.41) is 12.8. The Labute approximate surface area is 114 Å². The number of urea groups is 1. The lowest BCUT2D eigenvalue weighted by molar-refractivity contribution is 0.262. The lowest BCUT2D eigenvalue weighted by Crippen LogP contribution is -2.19. The van der Waals surface area contributed by atoms with E-state index in [1.807, 2.05) is 11.4 Å². The van der Waals surface area contributed by atoms with Crippen LogP contribution in [0.3, 0.4) is 0 Å². The summed E-state index contributed by atoms with van der Waals surface area (Å²) in [6.07, 6.45) is 0. The number of amides is 2. The molecule has 0 aliphatic carbocycles. The van der Waals surface area contributed by atoms with Gasteiger partial charge in [-0.25, -0.2) is 18.4 Å². The van der Waals surface area contributed by atoms with Crippen LogP contribution in [0.25, 0.3) is 0 Å². The van der Waals surface area contributed by atoms with Crippen LogP contribution in [-0.2, 0) is 10.0 Å². The quantitative estimate of drug-likeness (QED) is 0.808. The Morgan fingerprint density at radius 1 is 1.11 bits per heavy atom. The van der Waals surface area contributed by atoms with Crippen molar-refractivity contribution in [1.82, 2.24) is 0 Å². The van der Waals surface area contributed by atoms with Crippen LogP contribution in [-0.4, -0.2) is 14.4 Å². The molecule has 1 aromatic heterocycles. The third-order valence-electron chi connectivity index (χ3n) is 2.20. The molecule has 2 aromatic rings. The average molecular weight is 297 g/mol. The van der Waals surface area contributed by atoms with Crippen LogP contribution >= 0.6 is 11.3 Å². The second kappa shape index (κ2) is 5.39. The Bertz CT molecular complexity index is 664. The maximum Gasteiger partial charge on any atom is 0.324 e. The maximum absolute atomic E-state index is 11.6. The zero-order valence-electron chi connectivity index (χ0n) is 9.66. The topological polar surface area (TPSA) is 101 Å². The summed E-state index contributed by atoms with van der Waals surface area (Å²) in [6.45, 7) is 0. The zero-order valence-corrected chi connectivity index (χ0v) is 11.3. The number of nitrogens with two attached hydrogens (primary N) is 1. The molecule has 2 rings (SSSR count). The molecule has 0 bridgehead atoms. The summed E-state index contributed by atoms with van der Waals surface area (Å²) in [5.41, 5.74) is 0.474. The first kappa shape index (κ1) is 13.5. The lowest BCUT2D eigenvalue weighted by Gasteiger charge is -2.06. The molecular weight excluding hydrogens is 286 g/mol. The van der Waals surface area contributed by atoms with Gasteiger partial charge in [-0.15, -0.1) is 11.3 Å². The molecule has 0 fully saturated rings. The van der Waals surface area contributed by atoms with E-state index in [0.717, 1.165) is 5.00 Å². The molecule has 0 saturated heterocycles. The van der Waals surface area contributed by atoms with Gasteiger partial charge < -0.3 is 5.32 Å². The van der Waals surface area contributed by atoms with Gasteiger partial charge in [0.25, 0.3) is 0 Å². The van der Waals surface area contributed by atoms with Crippen molar-refractivity contribution in [3.63, 3.8) is 0 Å². The van der Waals surface area contributed by atoms with E-state index in [0.29, 0.717) is 5.69 Å². The van der Waals surface area contributed by atoms with E-state index in [1.165, 1.54) is 35.6 Å². The van der Waals surface area contributed by atoms with Crippen molar-refractivity contribution in [3.8, 4) is 0 Å². The first-order valence-corrected chi connectivity index (χ1v) is 7.62. The predicted octanol–water partition coefficient (Wildman–Crippen LogP) is 2.04. The van der Waals surface area contributed by atoms with Gasteiger partial charge in [0.15, 0.2) is 0 Å². The normalized spacial score (nSPS) is 11.0. The second-order valence-electron chi connectivity index (χ2n) is 3.63. The van der Waals surface area contributed by atoms with Crippen LogP contribution in [0, 0.1) is 0 Å². The van der Waals surface area contributed by atoms with Gasteiger partial charge in [-0.05, 0) is 41.8 Å². The van der Waals surface area contributed by atoms with Gasteiger partial charge in [-0.2, -0.15) is 0 Å². The van der Waals surface area contributed by atoms with E-state index in [1.54, 1.807) is 6.07 Å². The van der Waals surface area contributed by atoms with Gasteiger partial charge in [0.2, 0.25) is 10.0 Å². The number of anilines is 2. The molecule has 2 amide bonds. The van der Waals surface area contributed by atoms with E-state index >= 15 is 0 Å². The Kier molecular flexibility index (Phi) is 3.84. The largest absolute Gasteiger partial charge is 0.324 e. The van der Waals surface area contributed by atoms with Crippen LogP contribution in [0.5, 0.6) is 0 Å². The fraction of sp³-hybridized carbons (Fsp3) is 0. The molecule has 19 heavy (non-hydrogen) atoms. The Morgan fingerprint density at radius 2 is 1.79 bits per heavy atom. The third-order valence-corrected chi connectivity index (χ3v) is 3.91. The molecule has 100 valence electrons. The van der Waals surface area contributed by atoms with Crippen LogP contribution in [0.1, 0.15) is 0 Å². The first-order valence-electron chi connectivity index (χ1n) is 5.19. The summed E-state index contributed by atoms with van der Waals surface area (Å²) < 4.78 is 22.1. The number of carbonyl (C=O) groups is 1. The number of nitrogens with one attached hydrogen (secondary N) is 2. The molecule has 4 N–H and O–H groups in total. The summed E-state index contributed by atoms with van der Waals surface area (Å²) in [4.78, 5) is 11.6. The Hall–Kier alpha value is -1.90. The van der Waals surface area contributed by atoms with E-state index in [9.17, 15) is 13.2 Å². The minimum Gasteiger partial charge on any atom is -0.308 e. The highest BCUT2D eigenvalue weighted by atomic mass is 32.2. The van der Waals surface area contributed by atoms with Gasteiger partial charge in [0.1, 0.15) is 0 Å². The van der Waals surface area contributed by atoms with Crippen molar-refractivity contribution >= 4 is 38.1 Å². The molecule has 8 heteroatoms. The van der Waals surface area contributed by atoms with Crippen molar-refractivity contribution in [2.75, 3.05) is 10.6 Å². The molecule has 0 aliphatic rings. The number of carbonyl (C=O) groups excluding carboxylic acids is 1. The monoisotopic (exact) mass is 297 g/mol. The first-order chi connectivity index (χ1) is 8.95. The third kappa shape index (κ3) is 3.78. The molecule has 1 heterocycles. The lowest BCUT2D eigenvalue weighted by atomic mass is 10.3. The summed E-state index contributed by atoms with van der Waals surface area (Å²) in [5.74, 6) is 0. The number of benzene rings is 1. The number of sulfonamides is 1. The predicted molar refractivity (Wildman–Crippen MR) is 74.8 cm³/mol. The highest BCUT2D eigenvalue weighted by Crippen LogP contribution is 2.16. The van der Waals surface area contributed by atoms with Crippen molar-refractivity contribution in [3.05, 3.63) is 41.8 Å². The highest BCUT2D eigenvalue weighted by Gasteiger charge is 2.08. The summed E-state index contributed by atoms with van der Waals surface area (Å²) in [6, 6.07) is 8.79. The molecule has 0 radical (unpaired) electrons. The van der Waals surface area contributed by atoms with E-state index in [-0.39, 0.29) is 4.90 Å². The van der Waals surface area contributed by atoms with Gasteiger partial charge in [0, 0.05) is 5.69 Å². The number of hydrogen-bond donors (Lipinski definition) is 3. The van der Waals surface area contributed by atoms with Crippen LogP contribution in [0.4, 0.5) is 15.5 Å². The zero-order chi connectivity index (χ0) is 13.9. The molecule has 0 atom stereocenters. The van der Waals surface area contributed by atoms with Gasteiger partial charge in [-0.3, -0.25) is 5.32 Å². The molecular formula is C11H11N3O3S2. The summed E-state index contributed by atoms with van der Waals surface area (Å²) in [7, 11) is -3.72. The average Bonchev–Trinajstić information content (AvgIpc) is 2.81. The minimum atomic E-state index is -3.72. The molecule has 6 nitrogen and oxygen atoms in total. The number of primary sulfonamides is 1. The summed E-state index contributed by atoms with van der Waals surface area (Å²) >= 11 is 1.40. The standard InChI is InChI=1S/C11H11N3O3S2/c12-19(16,17)9-5-3-8(4-6-9)13-11(15)14-10-2-1-7-18-10/h1-7H,(H2,12,16,17)(H2,13,14,15). The molecule has 1 aromatic carbocycles. The minimum absolute atomic E-state index is 0.00304. The number of hydrogen-bond acceptors (Lipinski definition) is 4. The van der Waals surface area contributed by atoms with E-state index in [4.69, 9.17) is 5.14 Å². The SMILES string of the molecule is NS(=O)(=O)c1ccc(NC(=O)Nc2cccs2)cc1. The van der Waals surface area contributed by atoms with E-state index in [2.05, 4.69) is 10.6 Å². The van der Waals surface area contributed by atoms with Gasteiger partial charge in [0.05, 0.1) is 9.90 Å². The fourth-order valence-electron chi connectivity index (χ4n) is 1.35. The van der Waals surface area contributed by atoms with E-state index < -0.39 is 16.1 Å².